The average molecular weight is 379 g/mol. The molecule has 4 atom stereocenters. The number of hydrogen-bond acceptors (Lipinski definition) is 3. The second kappa shape index (κ2) is 14.4. The van der Waals surface area contributed by atoms with Gasteiger partial charge in [0, 0.05) is 0 Å². The van der Waals surface area contributed by atoms with Gasteiger partial charge in [-0.2, -0.15) is 0 Å². The van der Waals surface area contributed by atoms with E-state index in [2.05, 4.69) is 38.2 Å². The molecule has 2 fully saturated rings. The lowest BCUT2D eigenvalue weighted by Gasteiger charge is -2.18. The van der Waals surface area contributed by atoms with E-state index in [-0.39, 0.29) is 24.4 Å². The summed E-state index contributed by atoms with van der Waals surface area (Å²) in [5, 5.41) is 0. The van der Waals surface area contributed by atoms with E-state index >= 15 is 0 Å². The molecule has 2 saturated heterocycles. The van der Waals surface area contributed by atoms with E-state index in [1.54, 1.807) is 0 Å². The third-order valence-electron chi connectivity index (χ3n) is 5.37. The Morgan fingerprint density at radius 3 is 1.48 bits per heavy atom. The molecule has 2 heterocycles. The van der Waals surface area contributed by atoms with Gasteiger partial charge in [-0.3, -0.25) is 0 Å². The van der Waals surface area contributed by atoms with Gasteiger partial charge in [0.05, 0.1) is 13.2 Å². The monoisotopic (exact) mass is 378 g/mol. The molecular formula is C24H42O3. The van der Waals surface area contributed by atoms with Crippen molar-refractivity contribution >= 4 is 0 Å². The SMILES string of the molecule is CCCCCCC/C=C/C(OC(/C=C/CCCCCCC)C1CO1)C1CO1. The fourth-order valence-electron chi connectivity index (χ4n) is 3.38. The van der Waals surface area contributed by atoms with Crippen LogP contribution in [0.1, 0.15) is 90.9 Å². The lowest BCUT2D eigenvalue weighted by atomic mass is 10.1. The molecule has 0 N–H and O–H groups in total. The predicted molar refractivity (Wildman–Crippen MR) is 113 cm³/mol. The maximum atomic E-state index is 6.37. The van der Waals surface area contributed by atoms with E-state index in [1.165, 1.54) is 64.2 Å². The van der Waals surface area contributed by atoms with E-state index in [0.717, 1.165) is 26.1 Å². The first-order chi connectivity index (χ1) is 13.3. The molecule has 3 heteroatoms. The number of allylic oxidation sites excluding steroid dienone is 2. The number of unbranched alkanes of at least 4 members (excludes halogenated alkanes) is 10. The van der Waals surface area contributed by atoms with E-state index in [9.17, 15) is 0 Å². The average Bonchev–Trinajstić information content (AvgIpc) is 3.57. The number of ether oxygens (including phenoxy) is 3. The van der Waals surface area contributed by atoms with Crippen LogP contribution in [0.3, 0.4) is 0 Å². The van der Waals surface area contributed by atoms with Crippen LogP contribution >= 0.6 is 0 Å². The van der Waals surface area contributed by atoms with Gasteiger partial charge in [0.25, 0.3) is 0 Å². The van der Waals surface area contributed by atoms with Crippen LogP contribution in [-0.2, 0) is 14.2 Å². The van der Waals surface area contributed by atoms with Crippen molar-refractivity contribution in [1.29, 1.82) is 0 Å². The molecule has 2 rings (SSSR count). The first-order valence-corrected chi connectivity index (χ1v) is 11.6. The Morgan fingerprint density at radius 1 is 0.704 bits per heavy atom. The van der Waals surface area contributed by atoms with E-state index in [4.69, 9.17) is 14.2 Å². The van der Waals surface area contributed by atoms with Crippen molar-refractivity contribution in [2.24, 2.45) is 0 Å². The van der Waals surface area contributed by atoms with E-state index in [0.29, 0.717) is 0 Å². The molecule has 0 aromatic carbocycles. The van der Waals surface area contributed by atoms with Gasteiger partial charge in [0.2, 0.25) is 0 Å². The van der Waals surface area contributed by atoms with Crippen LogP contribution in [0.25, 0.3) is 0 Å². The van der Waals surface area contributed by atoms with Crippen molar-refractivity contribution in [2.75, 3.05) is 13.2 Å². The first kappa shape index (κ1) is 22.6. The molecule has 0 amide bonds. The summed E-state index contributed by atoms with van der Waals surface area (Å²) in [5.74, 6) is 0. The lowest BCUT2D eigenvalue weighted by molar-refractivity contribution is 0.0113. The zero-order chi connectivity index (χ0) is 19.2. The second-order valence-electron chi connectivity index (χ2n) is 8.07. The molecule has 4 unspecified atom stereocenters. The summed E-state index contributed by atoms with van der Waals surface area (Å²) in [4.78, 5) is 0. The zero-order valence-electron chi connectivity index (χ0n) is 17.7. The fraction of sp³-hybridized carbons (Fsp3) is 0.833. The van der Waals surface area contributed by atoms with Crippen molar-refractivity contribution < 1.29 is 14.2 Å². The molecule has 0 bridgehead atoms. The zero-order valence-corrected chi connectivity index (χ0v) is 17.7. The summed E-state index contributed by atoms with van der Waals surface area (Å²) >= 11 is 0. The van der Waals surface area contributed by atoms with Crippen molar-refractivity contribution in [3.63, 3.8) is 0 Å². The maximum absolute atomic E-state index is 6.37. The van der Waals surface area contributed by atoms with Gasteiger partial charge in [0.15, 0.2) is 0 Å². The fourth-order valence-corrected chi connectivity index (χ4v) is 3.38. The molecule has 0 saturated carbocycles. The van der Waals surface area contributed by atoms with Gasteiger partial charge in [-0.25, -0.2) is 0 Å². The molecule has 156 valence electrons. The minimum absolute atomic E-state index is 0.0732. The molecule has 0 spiro atoms. The predicted octanol–water partition coefficient (Wildman–Crippen LogP) is 6.37. The van der Waals surface area contributed by atoms with Crippen LogP contribution in [0.5, 0.6) is 0 Å². The standard InChI is InChI=1S/C24H42O3/c1-3-5-7-9-11-13-15-17-21(23-19-25-23)27-22(24-20-26-24)18-16-14-12-10-8-6-4-2/h15-18,21-24H,3-14,19-20H2,1-2H3/b17-15+,18-16+. The van der Waals surface area contributed by atoms with Crippen molar-refractivity contribution in [3.05, 3.63) is 24.3 Å². The molecular weight excluding hydrogens is 336 g/mol. The Kier molecular flexibility index (Phi) is 12.1. The first-order valence-electron chi connectivity index (χ1n) is 11.6. The quantitative estimate of drug-likeness (QED) is 0.158. The minimum Gasteiger partial charge on any atom is -0.370 e. The van der Waals surface area contributed by atoms with E-state index in [1.807, 2.05) is 0 Å². The highest BCUT2D eigenvalue weighted by molar-refractivity contribution is 5.03. The van der Waals surface area contributed by atoms with Crippen LogP contribution in [0.4, 0.5) is 0 Å². The van der Waals surface area contributed by atoms with Crippen molar-refractivity contribution in [2.45, 2.75) is 115 Å². The number of hydrogen-bond donors (Lipinski definition) is 0. The van der Waals surface area contributed by atoms with Crippen LogP contribution < -0.4 is 0 Å². The Labute approximate surface area is 167 Å². The largest absolute Gasteiger partial charge is 0.370 e. The molecule has 0 aliphatic carbocycles. The maximum Gasteiger partial charge on any atom is 0.111 e. The summed E-state index contributed by atoms with van der Waals surface area (Å²) in [6, 6.07) is 0. The minimum atomic E-state index is 0.0732. The Bertz CT molecular complexity index is 372. The van der Waals surface area contributed by atoms with Gasteiger partial charge in [0.1, 0.15) is 24.4 Å². The lowest BCUT2D eigenvalue weighted by Crippen LogP contribution is -2.27. The second-order valence-corrected chi connectivity index (χ2v) is 8.07. The van der Waals surface area contributed by atoms with Gasteiger partial charge < -0.3 is 14.2 Å². The highest BCUT2D eigenvalue weighted by Crippen LogP contribution is 2.26. The summed E-state index contributed by atoms with van der Waals surface area (Å²) in [5.41, 5.74) is 0. The smallest absolute Gasteiger partial charge is 0.111 e. The highest BCUT2D eigenvalue weighted by Gasteiger charge is 2.38. The Hall–Kier alpha value is -0.640. The van der Waals surface area contributed by atoms with Crippen molar-refractivity contribution in [3.8, 4) is 0 Å². The normalized spacial score (nSPS) is 23.9. The third kappa shape index (κ3) is 11.1. The molecule has 2 aliphatic heterocycles. The summed E-state index contributed by atoms with van der Waals surface area (Å²) in [7, 11) is 0. The van der Waals surface area contributed by atoms with Crippen LogP contribution in [0.15, 0.2) is 24.3 Å². The number of rotatable bonds is 18. The Morgan fingerprint density at radius 2 is 1.11 bits per heavy atom. The van der Waals surface area contributed by atoms with Crippen LogP contribution in [0.2, 0.25) is 0 Å². The van der Waals surface area contributed by atoms with Crippen molar-refractivity contribution in [1.82, 2.24) is 0 Å². The topological polar surface area (TPSA) is 34.3 Å². The third-order valence-corrected chi connectivity index (χ3v) is 5.37. The van der Waals surface area contributed by atoms with Gasteiger partial charge >= 0.3 is 0 Å². The molecule has 27 heavy (non-hydrogen) atoms. The summed E-state index contributed by atoms with van der Waals surface area (Å²) < 4.78 is 17.4. The molecule has 3 nitrogen and oxygen atoms in total. The summed E-state index contributed by atoms with van der Waals surface area (Å²) in [6.45, 7) is 6.17. The van der Waals surface area contributed by atoms with Crippen LogP contribution in [0, 0.1) is 0 Å². The van der Waals surface area contributed by atoms with E-state index < -0.39 is 0 Å². The highest BCUT2D eigenvalue weighted by atomic mass is 16.6. The van der Waals surface area contributed by atoms with Gasteiger partial charge in [-0.1, -0.05) is 89.5 Å². The van der Waals surface area contributed by atoms with Gasteiger partial charge in [-0.15, -0.1) is 0 Å². The van der Waals surface area contributed by atoms with Crippen LogP contribution in [-0.4, -0.2) is 37.6 Å². The molecule has 0 aromatic heterocycles. The molecule has 0 aromatic rings. The molecule has 2 aliphatic rings. The Balaban J connectivity index is 1.67. The molecule has 0 radical (unpaired) electrons. The van der Waals surface area contributed by atoms with Gasteiger partial charge in [-0.05, 0) is 25.7 Å². The number of epoxide rings is 2. The summed E-state index contributed by atoms with van der Waals surface area (Å²) in [6.07, 6.45) is 25.3.